The minimum absolute atomic E-state index is 0.0425. The Morgan fingerprint density at radius 1 is 1.22 bits per heavy atom. The Morgan fingerprint density at radius 2 is 2.11 bits per heavy atom. The Hall–Kier alpha value is -1.85. The lowest BCUT2D eigenvalue weighted by atomic mass is 10.0. The van der Waals surface area contributed by atoms with Crippen LogP contribution in [0.5, 0.6) is 0 Å². The number of nitrogens with zero attached hydrogens (tertiary/aromatic N) is 3. The first-order valence-corrected chi connectivity index (χ1v) is 6.41. The van der Waals surface area contributed by atoms with Gasteiger partial charge in [0, 0.05) is 11.6 Å². The molecule has 0 fully saturated rings. The summed E-state index contributed by atoms with van der Waals surface area (Å²) in [7, 11) is 1.92. The van der Waals surface area contributed by atoms with Crippen molar-refractivity contribution < 1.29 is 0 Å². The van der Waals surface area contributed by atoms with E-state index in [1.807, 2.05) is 31.4 Å². The zero-order chi connectivity index (χ0) is 12.4. The van der Waals surface area contributed by atoms with Gasteiger partial charge >= 0.3 is 0 Å². The molecule has 2 heterocycles. The Kier molecular flexibility index (Phi) is 3.00. The molecule has 5 heteroatoms. The number of fused-ring (bicyclic) bond motifs is 1. The molecule has 1 atom stereocenters. The highest BCUT2D eigenvalue weighted by atomic mass is 32.1. The predicted octanol–water partition coefficient (Wildman–Crippen LogP) is 2.40. The molecule has 0 spiro atoms. The molecule has 0 radical (unpaired) electrons. The molecule has 0 aliphatic heterocycles. The Labute approximate surface area is 109 Å². The van der Waals surface area contributed by atoms with Crippen molar-refractivity contribution in [1.29, 1.82) is 0 Å². The highest BCUT2D eigenvalue weighted by molar-refractivity contribution is 6.99. The summed E-state index contributed by atoms with van der Waals surface area (Å²) in [4.78, 5) is 4.48. The second-order valence-corrected chi connectivity index (χ2v) is 4.57. The minimum atomic E-state index is 0.0425. The van der Waals surface area contributed by atoms with E-state index in [1.165, 1.54) is 11.7 Å². The standard InChI is InChI=1S/C13H12N4S/c1-14-13(12-8-16-18-17-12)10-6-9-4-2-3-5-11(9)15-7-10/h2-8,13-14H,1H3. The van der Waals surface area contributed by atoms with Crippen LogP contribution in [-0.2, 0) is 0 Å². The van der Waals surface area contributed by atoms with Crippen LogP contribution in [0.2, 0.25) is 0 Å². The smallest absolute Gasteiger partial charge is 0.0958 e. The van der Waals surface area contributed by atoms with E-state index < -0.39 is 0 Å². The van der Waals surface area contributed by atoms with Crippen molar-refractivity contribution in [2.45, 2.75) is 6.04 Å². The van der Waals surface area contributed by atoms with Gasteiger partial charge in [0.1, 0.15) is 0 Å². The minimum Gasteiger partial charge on any atom is -0.308 e. The zero-order valence-corrected chi connectivity index (χ0v) is 10.7. The van der Waals surface area contributed by atoms with Gasteiger partial charge in [0.25, 0.3) is 0 Å². The van der Waals surface area contributed by atoms with Crippen molar-refractivity contribution in [2.75, 3.05) is 7.05 Å². The van der Waals surface area contributed by atoms with Gasteiger partial charge in [-0.1, -0.05) is 18.2 Å². The average Bonchev–Trinajstić information content (AvgIpc) is 2.93. The number of nitrogens with one attached hydrogen (secondary N) is 1. The second-order valence-electron chi connectivity index (χ2n) is 4.02. The van der Waals surface area contributed by atoms with E-state index in [1.54, 1.807) is 6.20 Å². The summed E-state index contributed by atoms with van der Waals surface area (Å²) >= 11 is 1.22. The molecule has 0 bridgehead atoms. The van der Waals surface area contributed by atoms with Crippen molar-refractivity contribution in [3.8, 4) is 0 Å². The van der Waals surface area contributed by atoms with E-state index in [-0.39, 0.29) is 6.04 Å². The number of para-hydroxylation sites is 1. The maximum Gasteiger partial charge on any atom is 0.0958 e. The molecule has 1 unspecified atom stereocenters. The number of benzene rings is 1. The van der Waals surface area contributed by atoms with Gasteiger partial charge < -0.3 is 5.32 Å². The van der Waals surface area contributed by atoms with Crippen LogP contribution in [0.3, 0.4) is 0 Å². The van der Waals surface area contributed by atoms with E-state index in [4.69, 9.17) is 0 Å². The van der Waals surface area contributed by atoms with Gasteiger partial charge in [-0.15, -0.1) is 0 Å². The summed E-state index contributed by atoms with van der Waals surface area (Å²) in [5, 5.41) is 4.39. The Bertz CT molecular complexity index is 651. The number of aromatic nitrogens is 3. The number of hydrogen-bond donors (Lipinski definition) is 1. The molecule has 3 aromatic rings. The van der Waals surface area contributed by atoms with Crippen molar-refractivity contribution in [2.24, 2.45) is 0 Å². The number of hydrogen-bond acceptors (Lipinski definition) is 5. The first kappa shape index (κ1) is 11.3. The van der Waals surface area contributed by atoms with Crippen LogP contribution < -0.4 is 5.32 Å². The predicted molar refractivity (Wildman–Crippen MR) is 72.6 cm³/mol. The molecule has 0 aliphatic carbocycles. The monoisotopic (exact) mass is 256 g/mol. The maximum atomic E-state index is 4.48. The van der Waals surface area contributed by atoms with E-state index in [2.05, 4.69) is 31.2 Å². The maximum absolute atomic E-state index is 4.48. The first-order chi connectivity index (χ1) is 8.88. The van der Waals surface area contributed by atoms with Gasteiger partial charge in [-0.3, -0.25) is 4.98 Å². The summed E-state index contributed by atoms with van der Waals surface area (Å²) in [6, 6.07) is 10.3. The number of pyridine rings is 1. The van der Waals surface area contributed by atoms with Gasteiger partial charge in [-0.25, -0.2) is 0 Å². The van der Waals surface area contributed by atoms with Gasteiger partial charge in [0.2, 0.25) is 0 Å². The summed E-state index contributed by atoms with van der Waals surface area (Å²) in [6.07, 6.45) is 3.68. The molecule has 0 saturated carbocycles. The molecule has 18 heavy (non-hydrogen) atoms. The zero-order valence-electron chi connectivity index (χ0n) is 9.87. The van der Waals surface area contributed by atoms with Crippen LogP contribution in [-0.4, -0.2) is 20.8 Å². The normalized spacial score (nSPS) is 12.7. The van der Waals surface area contributed by atoms with Gasteiger partial charge in [0.05, 0.1) is 35.2 Å². The fourth-order valence-electron chi connectivity index (χ4n) is 2.03. The van der Waals surface area contributed by atoms with E-state index >= 15 is 0 Å². The molecular weight excluding hydrogens is 244 g/mol. The van der Waals surface area contributed by atoms with Crippen LogP contribution in [0.1, 0.15) is 17.3 Å². The second kappa shape index (κ2) is 4.80. The van der Waals surface area contributed by atoms with Crippen molar-refractivity contribution in [3.63, 3.8) is 0 Å². The van der Waals surface area contributed by atoms with Crippen molar-refractivity contribution in [1.82, 2.24) is 19.0 Å². The molecule has 0 amide bonds. The van der Waals surface area contributed by atoms with Crippen LogP contribution in [0.4, 0.5) is 0 Å². The summed E-state index contributed by atoms with van der Waals surface area (Å²) in [5.41, 5.74) is 3.04. The van der Waals surface area contributed by atoms with Gasteiger partial charge in [-0.05, 0) is 24.7 Å². The van der Waals surface area contributed by atoms with Crippen molar-refractivity contribution in [3.05, 3.63) is 54.0 Å². The molecule has 90 valence electrons. The van der Waals surface area contributed by atoms with Crippen LogP contribution in [0, 0.1) is 0 Å². The third-order valence-electron chi connectivity index (χ3n) is 2.91. The topological polar surface area (TPSA) is 50.7 Å². The van der Waals surface area contributed by atoms with Gasteiger partial charge in [0.15, 0.2) is 0 Å². The van der Waals surface area contributed by atoms with Crippen LogP contribution in [0.25, 0.3) is 10.9 Å². The molecule has 3 rings (SSSR count). The van der Waals surface area contributed by atoms with E-state index in [0.717, 1.165) is 22.2 Å². The lowest BCUT2D eigenvalue weighted by Crippen LogP contribution is -2.18. The third kappa shape index (κ3) is 1.98. The molecule has 0 aliphatic rings. The fraction of sp³-hybridized carbons (Fsp3) is 0.154. The lowest BCUT2D eigenvalue weighted by Gasteiger charge is -2.13. The molecule has 1 aromatic carbocycles. The molecule has 2 aromatic heterocycles. The van der Waals surface area contributed by atoms with Crippen LogP contribution >= 0.6 is 11.7 Å². The molecule has 1 N–H and O–H groups in total. The molecule has 4 nitrogen and oxygen atoms in total. The first-order valence-electron chi connectivity index (χ1n) is 5.68. The van der Waals surface area contributed by atoms with E-state index in [9.17, 15) is 0 Å². The molecule has 0 saturated heterocycles. The lowest BCUT2D eigenvalue weighted by molar-refractivity contribution is 0.676. The highest BCUT2D eigenvalue weighted by Crippen LogP contribution is 2.22. The third-order valence-corrected chi connectivity index (χ3v) is 3.40. The summed E-state index contributed by atoms with van der Waals surface area (Å²) < 4.78 is 8.33. The fourth-order valence-corrected chi connectivity index (χ4v) is 2.48. The highest BCUT2D eigenvalue weighted by Gasteiger charge is 2.15. The quantitative estimate of drug-likeness (QED) is 0.781. The van der Waals surface area contributed by atoms with Crippen molar-refractivity contribution >= 4 is 22.6 Å². The number of rotatable bonds is 3. The summed E-state index contributed by atoms with van der Waals surface area (Å²) in [5.74, 6) is 0. The average molecular weight is 256 g/mol. The Balaban J connectivity index is 2.07. The largest absolute Gasteiger partial charge is 0.308 e. The van der Waals surface area contributed by atoms with E-state index in [0.29, 0.717) is 0 Å². The summed E-state index contributed by atoms with van der Waals surface area (Å²) in [6.45, 7) is 0. The van der Waals surface area contributed by atoms with Gasteiger partial charge in [-0.2, -0.15) is 8.75 Å². The van der Waals surface area contributed by atoms with Crippen LogP contribution in [0.15, 0.2) is 42.7 Å². The molecular formula is C13H12N4S. The Morgan fingerprint density at radius 3 is 2.89 bits per heavy atom. The SMILES string of the molecule is CNC(c1cnc2ccccc2c1)c1cnsn1.